The summed E-state index contributed by atoms with van der Waals surface area (Å²) in [5.41, 5.74) is 0. The Balaban J connectivity index is 2.59. The van der Waals surface area contributed by atoms with Gasteiger partial charge in [-0.1, -0.05) is 0 Å². The van der Waals surface area contributed by atoms with Crippen LogP contribution in [-0.2, 0) is 9.59 Å². The summed E-state index contributed by atoms with van der Waals surface area (Å²) in [5, 5.41) is 0. The molecule has 0 bridgehead atoms. The topological polar surface area (TPSA) is 37.4 Å². The van der Waals surface area contributed by atoms with E-state index in [2.05, 4.69) is 0 Å². The van der Waals surface area contributed by atoms with Crippen LogP contribution in [0, 0.1) is 0 Å². The van der Waals surface area contributed by atoms with Gasteiger partial charge in [0.25, 0.3) is 11.8 Å². The Bertz CT molecular complexity index is 119. The van der Waals surface area contributed by atoms with Crippen molar-refractivity contribution in [3.05, 3.63) is 0 Å². The SMILES string of the molecule is O=C1CC(=O)N1Cl. The Morgan fingerprint density at radius 3 is 1.86 bits per heavy atom. The molecule has 38 valence electrons. The number of imide groups is 1. The van der Waals surface area contributed by atoms with Crippen LogP contribution in [0.4, 0.5) is 0 Å². The highest BCUT2D eigenvalue weighted by Crippen LogP contribution is 2.12. The van der Waals surface area contributed by atoms with Gasteiger partial charge in [-0.15, -0.1) is 0 Å². The quantitative estimate of drug-likeness (QED) is 0.254. The van der Waals surface area contributed by atoms with Crippen molar-refractivity contribution in [3.63, 3.8) is 0 Å². The largest absolute Gasteiger partial charge is 0.272 e. The summed E-state index contributed by atoms with van der Waals surface area (Å²) in [6, 6.07) is 0. The number of hydrogen-bond acceptors (Lipinski definition) is 2. The van der Waals surface area contributed by atoms with E-state index in [0.29, 0.717) is 4.42 Å². The fraction of sp³-hybridized carbons (Fsp3) is 0.333. The minimum absolute atomic E-state index is 0.0243. The van der Waals surface area contributed by atoms with Gasteiger partial charge >= 0.3 is 0 Å². The number of carbonyl (C=O) groups excluding carboxylic acids is 2. The molecule has 1 aliphatic heterocycles. The average Bonchev–Trinajstić information content (AvgIpc) is 1.68. The van der Waals surface area contributed by atoms with Crippen molar-refractivity contribution in [2.24, 2.45) is 0 Å². The van der Waals surface area contributed by atoms with E-state index in [1.807, 2.05) is 0 Å². The number of β-lactam (4-membered cyclic amide) rings is 2. The molecule has 1 rings (SSSR count). The molecule has 0 radical (unpaired) electrons. The van der Waals surface area contributed by atoms with Crippen LogP contribution in [0.3, 0.4) is 0 Å². The molecule has 1 fully saturated rings. The molecule has 0 aliphatic carbocycles. The van der Waals surface area contributed by atoms with E-state index >= 15 is 0 Å². The number of nitrogens with zero attached hydrogens (tertiary/aromatic N) is 1. The molecule has 0 unspecified atom stereocenters. The van der Waals surface area contributed by atoms with Gasteiger partial charge in [-0.3, -0.25) is 9.59 Å². The van der Waals surface area contributed by atoms with E-state index in [-0.39, 0.29) is 18.2 Å². The number of halogens is 1. The summed E-state index contributed by atoms with van der Waals surface area (Å²) in [5.74, 6) is -0.627. The van der Waals surface area contributed by atoms with E-state index < -0.39 is 0 Å². The number of carbonyl (C=O) groups is 2. The first-order valence-electron chi connectivity index (χ1n) is 1.73. The Labute approximate surface area is 45.0 Å². The molecule has 0 N–H and O–H groups in total. The zero-order valence-electron chi connectivity index (χ0n) is 3.35. The number of amides is 2. The van der Waals surface area contributed by atoms with Gasteiger partial charge in [0.1, 0.15) is 6.42 Å². The fourth-order valence-corrected chi connectivity index (χ4v) is 0.436. The van der Waals surface area contributed by atoms with E-state index in [0.717, 1.165) is 0 Å². The zero-order valence-corrected chi connectivity index (χ0v) is 4.10. The third kappa shape index (κ3) is 0.489. The molecule has 0 spiro atoms. The van der Waals surface area contributed by atoms with Crippen molar-refractivity contribution < 1.29 is 9.59 Å². The second-order valence-corrected chi connectivity index (χ2v) is 1.58. The molecule has 3 nitrogen and oxygen atoms in total. The standard InChI is InChI=1S/C3H2ClNO2/c4-5-2(6)1-3(5)7/h1H2. The van der Waals surface area contributed by atoms with Crippen molar-refractivity contribution in [1.29, 1.82) is 0 Å². The molecule has 4 heteroatoms. The normalized spacial score (nSPS) is 19.9. The lowest BCUT2D eigenvalue weighted by molar-refractivity contribution is -0.150. The summed E-state index contributed by atoms with van der Waals surface area (Å²) in [7, 11) is 0. The van der Waals surface area contributed by atoms with Gasteiger partial charge in [-0.2, -0.15) is 4.42 Å². The Hall–Kier alpha value is -0.570. The molecule has 0 atom stereocenters. The predicted octanol–water partition coefficient (Wildman–Crippen LogP) is -0.101. The predicted molar refractivity (Wildman–Crippen MR) is 22.3 cm³/mol. The molecule has 0 aromatic carbocycles. The van der Waals surface area contributed by atoms with Crippen LogP contribution in [-0.4, -0.2) is 16.2 Å². The van der Waals surface area contributed by atoms with E-state index in [1.165, 1.54) is 0 Å². The van der Waals surface area contributed by atoms with Gasteiger partial charge in [0.2, 0.25) is 0 Å². The highest BCUT2D eigenvalue weighted by atomic mass is 35.5. The molecule has 1 aliphatic rings. The lowest BCUT2D eigenvalue weighted by Gasteiger charge is -2.18. The highest BCUT2D eigenvalue weighted by molar-refractivity contribution is 6.37. The van der Waals surface area contributed by atoms with Crippen molar-refractivity contribution in [2.45, 2.75) is 6.42 Å². The summed E-state index contributed by atoms with van der Waals surface area (Å²) < 4.78 is 0.583. The van der Waals surface area contributed by atoms with Crippen molar-refractivity contribution in [1.82, 2.24) is 4.42 Å². The molecular weight excluding hydrogens is 117 g/mol. The summed E-state index contributed by atoms with van der Waals surface area (Å²) in [6.07, 6.45) is -0.0243. The van der Waals surface area contributed by atoms with E-state index in [1.54, 1.807) is 0 Å². The van der Waals surface area contributed by atoms with Gasteiger partial charge in [-0.25, -0.2) is 0 Å². The first-order valence-corrected chi connectivity index (χ1v) is 2.07. The molecule has 2 amide bonds. The fourth-order valence-electron chi connectivity index (χ4n) is 0.316. The maximum absolute atomic E-state index is 10.0. The molecule has 1 saturated heterocycles. The second-order valence-electron chi connectivity index (χ2n) is 1.25. The van der Waals surface area contributed by atoms with Gasteiger partial charge in [0.15, 0.2) is 0 Å². The Kier molecular flexibility index (Phi) is 0.785. The summed E-state index contributed by atoms with van der Waals surface area (Å²) in [6.45, 7) is 0. The minimum Gasteiger partial charge on any atom is -0.272 e. The monoisotopic (exact) mass is 119 g/mol. The first kappa shape index (κ1) is 4.59. The van der Waals surface area contributed by atoms with Gasteiger partial charge in [0, 0.05) is 11.8 Å². The van der Waals surface area contributed by atoms with Crippen LogP contribution in [0.25, 0.3) is 0 Å². The molecule has 7 heavy (non-hydrogen) atoms. The molecule has 1 heterocycles. The third-order valence-electron chi connectivity index (χ3n) is 0.740. The maximum atomic E-state index is 10.0. The van der Waals surface area contributed by atoms with Crippen LogP contribution in [0.5, 0.6) is 0 Å². The lowest BCUT2D eigenvalue weighted by atomic mass is 10.3. The number of hydrogen-bond donors (Lipinski definition) is 0. The zero-order chi connectivity index (χ0) is 5.44. The molecular formula is C3H2ClNO2. The first-order chi connectivity index (χ1) is 3.22. The van der Waals surface area contributed by atoms with Crippen LogP contribution >= 0.6 is 11.8 Å². The summed E-state index contributed by atoms with van der Waals surface area (Å²) in [4.78, 5) is 20.0. The molecule has 0 aromatic rings. The number of rotatable bonds is 0. The highest BCUT2D eigenvalue weighted by Gasteiger charge is 2.32. The molecule has 0 aromatic heterocycles. The minimum atomic E-state index is -0.313. The van der Waals surface area contributed by atoms with Crippen LogP contribution < -0.4 is 0 Å². The van der Waals surface area contributed by atoms with Crippen LogP contribution in [0.2, 0.25) is 0 Å². The van der Waals surface area contributed by atoms with Gasteiger partial charge in [0.05, 0.1) is 0 Å². The van der Waals surface area contributed by atoms with Gasteiger partial charge in [-0.05, 0) is 0 Å². The maximum Gasteiger partial charge on any atom is 0.253 e. The Morgan fingerprint density at radius 2 is 1.86 bits per heavy atom. The van der Waals surface area contributed by atoms with E-state index in [9.17, 15) is 9.59 Å². The second kappa shape index (κ2) is 1.20. The average molecular weight is 120 g/mol. The van der Waals surface area contributed by atoms with Crippen molar-refractivity contribution >= 4 is 23.6 Å². The molecule has 0 saturated carbocycles. The lowest BCUT2D eigenvalue weighted by Crippen LogP contribution is -2.41. The Morgan fingerprint density at radius 1 is 1.43 bits per heavy atom. The van der Waals surface area contributed by atoms with Gasteiger partial charge < -0.3 is 0 Å². The van der Waals surface area contributed by atoms with Crippen LogP contribution in [0.1, 0.15) is 6.42 Å². The van der Waals surface area contributed by atoms with Crippen LogP contribution in [0.15, 0.2) is 0 Å². The van der Waals surface area contributed by atoms with Crippen molar-refractivity contribution in [2.75, 3.05) is 0 Å². The smallest absolute Gasteiger partial charge is 0.253 e. The third-order valence-corrected chi connectivity index (χ3v) is 1.12. The summed E-state index contributed by atoms with van der Waals surface area (Å²) >= 11 is 4.98. The van der Waals surface area contributed by atoms with Crippen molar-refractivity contribution in [3.8, 4) is 0 Å². The van der Waals surface area contributed by atoms with E-state index in [4.69, 9.17) is 11.8 Å².